The van der Waals surface area contributed by atoms with Gasteiger partial charge in [-0.3, -0.25) is 10.1 Å². The molecule has 8 nitrogen and oxygen atoms in total. The second-order valence-electron chi connectivity index (χ2n) is 5.91. The summed E-state index contributed by atoms with van der Waals surface area (Å²) in [6.45, 7) is 0.968. The summed E-state index contributed by atoms with van der Waals surface area (Å²) in [5.41, 5.74) is 2.92. The number of primary amides is 1. The lowest BCUT2D eigenvalue weighted by atomic mass is 9.86. The molecule has 1 aromatic rings. The molecule has 0 saturated heterocycles. The van der Waals surface area contributed by atoms with E-state index in [9.17, 15) is 18.4 Å². The fourth-order valence-corrected chi connectivity index (χ4v) is 3.02. The molecular formula is C16H20F2N4O4S. The third-order valence-corrected chi connectivity index (χ3v) is 4.65. The third kappa shape index (κ3) is 5.01. The minimum absolute atomic E-state index is 0.0623. The van der Waals surface area contributed by atoms with E-state index >= 15 is 0 Å². The number of hydrogen-bond acceptors (Lipinski definition) is 6. The number of nitrogens with two attached hydrogens (primary N) is 1. The van der Waals surface area contributed by atoms with Crippen LogP contribution in [0.2, 0.25) is 0 Å². The van der Waals surface area contributed by atoms with Crippen LogP contribution in [0.4, 0.5) is 18.6 Å². The summed E-state index contributed by atoms with van der Waals surface area (Å²) in [7, 11) is 0. The number of rotatable bonds is 8. The zero-order valence-corrected chi connectivity index (χ0v) is 15.3. The van der Waals surface area contributed by atoms with Gasteiger partial charge in [-0.25, -0.2) is 13.6 Å². The standard InChI is InChI=1S/C16H20F2N4O4S/c1-16(18)9(4-2-5-10(16)17)8-26-13-11(12(19)24)14(27-22-13)21-15(25)20-6-3-7-23/h2,4-5,9,23H,3,6-8H2,1H3,(H2,19,24)(H2,20,21,25). The molecule has 11 heteroatoms. The number of nitrogens with zero attached hydrogens (tertiary/aromatic N) is 1. The van der Waals surface area contributed by atoms with E-state index in [1.165, 1.54) is 12.2 Å². The highest BCUT2D eigenvalue weighted by molar-refractivity contribution is 7.11. The number of amides is 3. The van der Waals surface area contributed by atoms with Gasteiger partial charge in [0, 0.05) is 13.2 Å². The summed E-state index contributed by atoms with van der Waals surface area (Å²) in [6.07, 6.45) is 4.23. The van der Waals surface area contributed by atoms with Crippen LogP contribution in [0.25, 0.3) is 0 Å². The molecule has 1 aromatic heterocycles. The topological polar surface area (TPSA) is 127 Å². The number of allylic oxidation sites excluding steroid dienone is 3. The molecule has 0 aromatic carbocycles. The number of urea groups is 1. The van der Waals surface area contributed by atoms with E-state index in [-0.39, 0.29) is 36.2 Å². The molecule has 5 N–H and O–H groups in total. The molecule has 0 fully saturated rings. The molecule has 2 rings (SSSR count). The zero-order valence-electron chi connectivity index (χ0n) is 14.5. The number of alkyl halides is 1. The molecule has 0 aliphatic heterocycles. The van der Waals surface area contributed by atoms with Crippen LogP contribution in [0.3, 0.4) is 0 Å². The molecule has 0 radical (unpaired) electrons. The van der Waals surface area contributed by atoms with E-state index in [0.29, 0.717) is 6.42 Å². The van der Waals surface area contributed by atoms with E-state index in [1.807, 2.05) is 0 Å². The highest BCUT2D eigenvalue weighted by Gasteiger charge is 2.39. The van der Waals surface area contributed by atoms with Crippen LogP contribution >= 0.6 is 11.5 Å². The molecule has 148 valence electrons. The Hall–Kier alpha value is -2.53. The number of carbonyl (C=O) groups is 2. The Morgan fingerprint density at radius 1 is 1.52 bits per heavy atom. The summed E-state index contributed by atoms with van der Waals surface area (Å²) >= 11 is 0.765. The third-order valence-electron chi connectivity index (χ3n) is 3.90. The molecule has 3 amide bonds. The molecule has 0 spiro atoms. The lowest BCUT2D eigenvalue weighted by Gasteiger charge is -2.28. The summed E-state index contributed by atoms with van der Waals surface area (Å²) in [5.74, 6) is -2.91. The molecule has 1 aliphatic carbocycles. The van der Waals surface area contributed by atoms with Gasteiger partial charge in [-0.2, -0.15) is 4.37 Å². The van der Waals surface area contributed by atoms with Gasteiger partial charge in [0.15, 0.2) is 5.67 Å². The molecule has 1 heterocycles. The average molecular weight is 402 g/mol. The summed E-state index contributed by atoms with van der Waals surface area (Å²) < 4.78 is 37.4. The van der Waals surface area contributed by atoms with Gasteiger partial charge in [0.2, 0.25) is 5.88 Å². The molecule has 2 atom stereocenters. The van der Waals surface area contributed by atoms with Gasteiger partial charge in [0.1, 0.15) is 16.4 Å². The van der Waals surface area contributed by atoms with Gasteiger partial charge >= 0.3 is 6.03 Å². The SMILES string of the molecule is CC1(F)C(F)=CC=CC1COc1nsc(NC(=O)NCCCO)c1C(N)=O. The monoisotopic (exact) mass is 402 g/mol. The van der Waals surface area contributed by atoms with Crippen molar-refractivity contribution in [3.05, 3.63) is 29.6 Å². The minimum atomic E-state index is -2.24. The maximum absolute atomic E-state index is 14.4. The number of halogens is 2. The number of ether oxygens (including phenoxy) is 1. The molecule has 27 heavy (non-hydrogen) atoms. The van der Waals surface area contributed by atoms with Gasteiger partial charge in [-0.15, -0.1) is 0 Å². The summed E-state index contributed by atoms with van der Waals surface area (Å²) in [4.78, 5) is 23.5. The molecular weight excluding hydrogens is 382 g/mol. The van der Waals surface area contributed by atoms with Crippen molar-refractivity contribution in [3.8, 4) is 5.88 Å². The first-order valence-corrected chi connectivity index (χ1v) is 8.86. The number of aliphatic hydroxyl groups is 1. The van der Waals surface area contributed by atoms with Crippen molar-refractivity contribution in [2.45, 2.75) is 19.0 Å². The number of nitrogens with one attached hydrogen (secondary N) is 2. The number of aromatic nitrogens is 1. The van der Waals surface area contributed by atoms with E-state index in [0.717, 1.165) is 24.5 Å². The van der Waals surface area contributed by atoms with Gasteiger partial charge in [-0.1, -0.05) is 12.2 Å². The highest BCUT2D eigenvalue weighted by Crippen LogP contribution is 2.36. The second kappa shape index (κ2) is 8.91. The molecule has 1 aliphatic rings. The largest absolute Gasteiger partial charge is 0.476 e. The number of carbonyl (C=O) groups excluding carboxylic acids is 2. The van der Waals surface area contributed by atoms with Gasteiger partial charge in [0.05, 0.1) is 12.5 Å². The van der Waals surface area contributed by atoms with Crippen LogP contribution in [0, 0.1) is 5.92 Å². The normalized spacial score (nSPS) is 21.5. The van der Waals surface area contributed by atoms with Crippen molar-refractivity contribution in [2.75, 3.05) is 25.1 Å². The quantitative estimate of drug-likeness (QED) is 0.494. The lowest BCUT2D eigenvalue weighted by Crippen LogP contribution is -2.35. The van der Waals surface area contributed by atoms with E-state index in [4.69, 9.17) is 15.6 Å². The van der Waals surface area contributed by atoms with Crippen LogP contribution in [0.15, 0.2) is 24.1 Å². The number of aliphatic hydroxyl groups excluding tert-OH is 1. The Morgan fingerprint density at radius 3 is 2.93 bits per heavy atom. The first-order chi connectivity index (χ1) is 12.8. The first kappa shape index (κ1) is 20.8. The van der Waals surface area contributed by atoms with Crippen LogP contribution < -0.4 is 21.1 Å². The molecule has 0 bridgehead atoms. The van der Waals surface area contributed by atoms with Crippen LogP contribution in [0.1, 0.15) is 23.7 Å². The van der Waals surface area contributed by atoms with Crippen molar-refractivity contribution < 1.29 is 28.2 Å². The Kier molecular flexibility index (Phi) is 6.86. The first-order valence-electron chi connectivity index (χ1n) is 8.08. The van der Waals surface area contributed by atoms with Crippen molar-refractivity contribution >= 4 is 28.5 Å². The van der Waals surface area contributed by atoms with Crippen molar-refractivity contribution in [1.82, 2.24) is 9.69 Å². The fourth-order valence-electron chi connectivity index (χ4n) is 2.28. The summed E-state index contributed by atoms with van der Waals surface area (Å²) in [6, 6.07) is -0.611. The molecule has 2 unspecified atom stereocenters. The van der Waals surface area contributed by atoms with E-state index in [1.54, 1.807) is 0 Å². The van der Waals surface area contributed by atoms with Crippen LogP contribution in [-0.4, -0.2) is 46.8 Å². The number of hydrogen-bond donors (Lipinski definition) is 4. The Morgan fingerprint density at radius 2 is 2.26 bits per heavy atom. The zero-order chi connectivity index (χ0) is 20.0. The maximum atomic E-state index is 14.4. The smallest absolute Gasteiger partial charge is 0.319 e. The predicted octanol–water partition coefficient (Wildman–Crippen LogP) is 1.89. The summed E-state index contributed by atoms with van der Waals surface area (Å²) in [5, 5.41) is 13.7. The van der Waals surface area contributed by atoms with Gasteiger partial charge < -0.3 is 20.9 Å². The predicted molar refractivity (Wildman–Crippen MR) is 96.2 cm³/mol. The minimum Gasteiger partial charge on any atom is -0.476 e. The fraction of sp³-hybridized carbons (Fsp3) is 0.438. The lowest BCUT2D eigenvalue weighted by molar-refractivity contribution is 0.0955. The van der Waals surface area contributed by atoms with Crippen molar-refractivity contribution in [3.63, 3.8) is 0 Å². The second-order valence-corrected chi connectivity index (χ2v) is 6.68. The average Bonchev–Trinajstić information content (AvgIpc) is 2.99. The maximum Gasteiger partial charge on any atom is 0.319 e. The van der Waals surface area contributed by atoms with Crippen LogP contribution in [-0.2, 0) is 0 Å². The van der Waals surface area contributed by atoms with E-state index < -0.39 is 29.4 Å². The van der Waals surface area contributed by atoms with E-state index in [2.05, 4.69) is 15.0 Å². The number of anilines is 1. The molecule has 0 saturated carbocycles. The van der Waals surface area contributed by atoms with Gasteiger partial charge in [0.25, 0.3) is 5.91 Å². The van der Waals surface area contributed by atoms with Crippen LogP contribution in [0.5, 0.6) is 5.88 Å². The highest BCUT2D eigenvalue weighted by atomic mass is 32.1. The van der Waals surface area contributed by atoms with Gasteiger partial charge in [-0.05, 0) is 31.0 Å². The van der Waals surface area contributed by atoms with Crippen molar-refractivity contribution in [1.29, 1.82) is 0 Å². The van der Waals surface area contributed by atoms with Crippen molar-refractivity contribution in [2.24, 2.45) is 11.7 Å². The Bertz CT molecular complexity index is 764. The Balaban J connectivity index is 2.06. The Labute approximate surface area is 158 Å².